The fraction of sp³-hybridized carbons (Fsp3) is 0.913. The number of carbonyl (C=O) groups is 2. The van der Waals surface area contributed by atoms with Gasteiger partial charge in [0.15, 0.2) is 0 Å². The van der Waals surface area contributed by atoms with Crippen molar-refractivity contribution in [2.45, 2.75) is 116 Å². The zero-order valence-electron chi connectivity index (χ0n) is 19.6. The van der Waals surface area contributed by atoms with Gasteiger partial charge in [-0.3, -0.25) is 14.1 Å². The lowest BCUT2D eigenvalue weighted by Gasteiger charge is -2.06. The van der Waals surface area contributed by atoms with Crippen LogP contribution in [-0.4, -0.2) is 43.6 Å². The predicted octanol–water partition coefficient (Wildman–Crippen LogP) is 4.76. The van der Waals surface area contributed by atoms with Gasteiger partial charge in [-0.05, 0) is 25.7 Å². The van der Waals surface area contributed by atoms with E-state index in [2.05, 4.69) is 10.6 Å². The van der Waals surface area contributed by atoms with E-state index in [0.717, 1.165) is 45.1 Å². The minimum Gasteiger partial charge on any atom is -0.356 e. The number of hydrogen-bond acceptors (Lipinski definition) is 4. The second-order valence-electron chi connectivity index (χ2n) is 8.44. The minimum atomic E-state index is -3.79. The van der Waals surface area contributed by atoms with Crippen LogP contribution >= 0.6 is 0 Å². The van der Waals surface area contributed by atoms with Crippen LogP contribution in [0.3, 0.4) is 0 Å². The summed E-state index contributed by atoms with van der Waals surface area (Å²) >= 11 is 0. The molecule has 0 aliphatic heterocycles. The van der Waals surface area contributed by atoms with Crippen molar-refractivity contribution in [1.82, 2.24) is 10.6 Å². The van der Waals surface area contributed by atoms with Gasteiger partial charge >= 0.3 is 0 Å². The summed E-state index contributed by atoms with van der Waals surface area (Å²) < 4.78 is 29.8. The van der Waals surface area contributed by atoms with Crippen LogP contribution in [0.5, 0.6) is 0 Å². The third kappa shape index (κ3) is 25.0. The number of rotatable bonds is 22. The average Bonchev–Trinajstić information content (AvgIpc) is 2.71. The van der Waals surface area contributed by atoms with Gasteiger partial charge in [-0.25, -0.2) is 0 Å². The molecular weight excluding hydrogens is 416 g/mol. The molecule has 0 aliphatic rings. The molecule has 8 heteroatoms. The maximum atomic E-state index is 11.8. The van der Waals surface area contributed by atoms with Crippen molar-refractivity contribution in [3.8, 4) is 0 Å². The summed E-state index contributed by atoms with van der Waals surface area (Å²) in [6.07, 6.45) is 16.9. The van der Waals surface area contributed by atoms with Crippen molar-refractivity contribution < 1.29 is 22.6 Å². The third-order valence-electron chi connectivity index (χ3n) is 5.28. The molecule has 2 amide bonds. The van der Waals surface area contributed by atoms with Gasteiger partial charge in [0.2, 0.25) is 11.8 Å². The molecule has 0 unspecified atom stereocenters. The van der Waals surface area contributed by atoms with E-state index in [1.54, 1.807) is 0 Å². The number of hydrogen-bond donors (Lipinski definition) is 3. The van der Waals surface area contributed by atoms with Crippen LogP contribution in [0, 0.1) is 0 Å². The van der Waals surface area contributed by atoms with Crippen LogP contribution in [0.25, 0.3) is 0 Å². The Bertz CT molecular complexity index is 552. The number of carbonyl (C=O) groups excluding carboxylic acids is 2. The van der Waals surface area contributed by atoms with E-state index >= 15 is 0 Å². The van der Waals surface area contributed by atoms with Crippen LogP contribution in [0.15, 0.2) is 0 Å². The van der Waals surface area contributed by atoms with Crippen molar-refractivity contribution in [2.24, 2.45) is 0 Å². The lowest BCUT2D eigenvalue weighted by molar-refractivity contribution is -0.123. The van der Waals surface area contributed by atoms with E-state index in [4.69, 9.17) is 4.55 Å². The Kier molecular flexibility index (Phi) is 20.0. The predicted molar refractivity (Wildman–Crippen MR) is 127 cm³/mol. The first-order valence-corrected chi connectivity index (χ1v) is 13.9. The molecule has 0 aromatic carbocycles. The Morgan fingerprint density at radius 2 is 1.00 bits per heavy atom. The summed E-state index contributed by atoms with van der Waals surface area (Å²) in [6, 6.07) is 0. The summed E-state index contributed by atoms with van der Waals surface area (Å²) in [5, 5.41) is 5.72. The van der Waals surface area contributed by atoms with Gasteiger partial charge in [0.05, 0.1) is 5.75 Å². The maximum Gasteiger partial charge on any atom is 0.264 e. The molecule has 184 valence electrons. The summed E-state index contributed by atoms with van der Waals surface area (Å²) in [4.78, 5) is 23.2. The van der Waals surface area contributed by atoms with Gasteiger partial charge in [0.1, 0.15) is 0 Å². The molecule has 0 aliphatic carbocycles. The van der Waals surface area contributed by atoms with Crippen molar-refractivity contribution in [2.75, 3.05) is 18.8 Å². The second-order valence-corrected chi connectivity index (χ2v) is 10.0. The fourth-order valence-electron chi connectivity index (χ4n) is 3.43. The summed E-state index contributed by atoms with van der Waals surface area (Å²) in [7, 11) is -3.79. The molecule has 0 spiro atoms. The Balaban J connectivity index is 3.25. The molecular formula is C23H46N2O5S. The molecule has 0 fully saturated rings. The zero-order chi connectivity index (χ0) is 23.2. The molecule has 0 radical (unpaired) electrons. The normalized spacial score (nSPS) is 11.4. The molecule has 0 saturated carbocycles. The lowest BCUT2D eigenvalue weighted by atomic mass is 10.0. The van der Waals surface area contributed by atoms with Crippen LogP contribution < -0.4 is 10.6 Å². The standard InChI is InChI=1S/C23H46N2O5S/c1-2-19-24-23(27)18-16-20-25-22(26)17-14-12-10-8-6-4-3-5-7-9-11-13-15-21-31(28,29)30/h2-21H2,1H3,(H,24,27)(H,25,26)(H,28,29,30). The SMILES string of the molecule is CCCNC(=O)CCCNC(=O)CCCCCCCCCCCCCCCS(=O)(=O)O. The van der Waals surface area contributed by atoms with Crippen LogP contribution in [0.4, 0.5) is 0 Å². The van der Waals surface area contributed by atoms with E-state index in [1.165, 1.54) is 44.9 Å². The Morgan fingerprint density at radius 1 is 0.613 bits per heavy atom. The van der Waals surface area contributed by atoms with E-state index < -0.39 is 10.1 Å². The van der Waals surface area contributed by atoms with E-state index in [0.29, 0.717) is 32.2 Å². The molecule has 0 atom stereocenters. The largest absolute Gasteiger partial charge is 0.356 e. The van der Waals surface area contributed by atoms with Crippen molar-refractivity contribution in [3.63, 3.8) is 0 Å². The van der Waals surface area contributed by atoms with Gasteiger partial charge in [0, 0.05) is 25.9 Å². The molecule has 7 nitrogen and oxygen atoms in total. The molecule has 0 aromatic rings. The summed E-state index contributed by atoms with van der Waals surface area (Å²) in [5.41, 5.74) is 0. The van der Waals surface area contributed by atoms with Crippen molar-refractivity contribution >= 4 is 21.9 Å². The highest BCUT2D eigenvalue weighted by atomic mass is 32.2. The van der Waals surface area contributed by atoms with Gasteiger partial charge in [-0.15, -0.1) is 0 Å². The quantitative estimate of drug-likeness (QED) is 0.159. The Hall–Kier alpha value is -1.15. The fourth-order valence-corrected chi connectivity index (χ4v) is 4.00. The maximum absolute atomic E-state index is 11.8. The van der Waals surface area contributed by atoms with Crippen molar-refractivity contribution in [1.29, 1.82) is 0 Å². The van der Waals surface area contributed by atoms with Gasteiger partial charge < -0.3 is 10.6 Å². The van der Waals surface area contributed by atoms with Crippen LogP contribution in [0.1, 0.15) is 116 Å². The summed E-state index contributed by atoms with van der Waals surface area (Å²) in [5.74, 6) is 0.0357. The highest BCUT2D eigenvalue weighted by Crippen LogP contribution is 2.13. The zero-order valence-corrected chi connectivity index (χ0v) is 20.4. The summed E-state index contributed by atoms with van der Waals surface area (Å²) in [6.45, 7) is 3.31. The number of nitrogens with one attached hydrogen (secondary N) is 2. The molecule has 0 saturated heterocycles. The first-order chi connectivity index (χ1) is 14.8. The monoisotopic (exact) mass is 462 g/mol. The highest BCUT2D eigenvalue weighted by molar-refractivity contribution is 7.85. The Morgan fingerprint density at radius 3 is 1.45 bits per heavy atom. The molecule has 31 heavy (non-hydrogen) atoms. The Labute approximate surface area is 190 Å². The van der Waals surface area contributed by atoms with Crippen LogP contribution in [0.2, 0.25) is 0 Å². The van der Waals surface area contributed by atoms with Gasteiger partial charge in [-0.1, -0.05) is 77.6 Å². The molecule has 0 rings (SSSR count). The molecule has 0 aromatic heterocycles. The number of amides is 2. The molecule has 0 heterocycles. The van der Waals surface area contributed by atoms with E-state index in [9.17, 15) is 18.0 Å². The highest BCUT2D eigenvalue weighted by Gasteiger charge is 2.04. The van der Waals surface area contributed by atoms with Crippen LogP contribution in [-0.2, 0) is 19.7 Å². The van der Waals surface area contributed by atoms with Gasteiger partial charge in [-0.2, -0.15) is 8.42 Å². The number of unbranched alkanes of at least 4 members (excludes halogenated alkanes) is 12. The molecule has 3 N–H and O–H groups in total. The smallest absolute Gasteiger partial charge is 0.264 e. The van der Waals surface area contributed by atoms with E-state index in [1.807, 2.05) is 6.92 Å². The second kappa shape index (κ2) is 20.7. The lowest BCUT2D eigenvalue weighted by Crippen LogP contribution is -2.27. The van der Waals surface area contributed by atoms with Crippen molar-refractivity contribution in [3.05, 3.63) is 0 Å². The average molecular weight is 463 g/mol. The van der Waals surface area contributed by atoms with E-state index in [-0.39, 0.29) is 17.6 Å². The third-order valence-corrected chi connectivity index (χ3v) is 6.09. The first kappa shape index (κ1) is 29.9. The topological polar surface area (TPSA) is 113 Å². The minimum absolute atomic E-state index is 0.0601. The first-order valence-electron chi connectivity index (χ1n) is 12.3. The van der Waals surface area contributed by atoms with Gasteiger partial charge in [0.25, 0.3) is 10.1 Å². The molecule has 0 bridgehead atoms.